The molecular weight excluding hydrogens is 228 g/mol. The number of H-pyrrole nitrogens is 1. The van der Waals surface area contributed by atoms with Crippen LogP contribution < -0.4 is 15.0 Å². The SMILES string of the molecule is COc1ccccc1C(=O)Nc1ccc(C)c[nH+]1. The number of aryl methyl sites for hydroxylation is 1. The van der Waals surface area contributed by atoms with Gasteiger partial charge in [0.05, 0.1) is 13.3 Å². The Bertz CT molecular complexity index is 550. The second-order valence-electron chi connectivity index (χ2n) is 3.93. The van der Waals surface area contributed by atoms with Gasteiger partial charge in [-0.25, -0.2) is 15.1 Å². The van der Waals surface area contributed by atoms with E-state index < -0.39 is 0 Å². The van der Waals surface area contributed by atoms with Gasteiger partial charge >= 0.3 is 5.91 Å². The number of anilines is 1. The lowest BCUT2D eigenvalue weighted by atomic mass is 10.2. The highest BCUT2D eigenvalue weighted by atomic mass is 16.5. The molecule has 0 saturated carbocycles. The molecule has 18 heavy (non-hydrogen) atoms. The summed E-state index contributed by atoms with van der Waals surface area (Å²) in [6.07, 6.45) is 1.83. The van der Waals surface area contributed by atoms with Crippen LogP contribution in [0.15, 0.2) is 42.6 Å². The van der Waals surface area contributed by atoms with Crippen LogP contribution >= 0.6 is 0 Å². The number of methoxy groups -OCH3 is 1. The van der Waals surface area contributed by atoms with Gasteiger partial charge in [0.1, 0.15) is 11.3 Å². The molecule has 0 spiro atoms. The van der Waals surface area contributed by atoms with Crippen LogP contribution in [0.25, 0.3) is 0 Å². The monoisotopic (exact) mass is 243 g/mol. The number of benzene rings is 1. The number of ether oxygens (including phenoxy) is 1. The fraction of sp³-hybridized carbons (Fsp3) is 0.143. The van der Waals surface area contributed by atoms with Crippen molar-refractivity contribution in [3.8, 4) is 5.75 Å². The van der Waals surface area contributed by atoms with Crippen LogP contribution in [0.5, 0.6) is 5.75 Å². The first kappa shape index (κ1) is 12.1. The average molecular weight is 243 g/mol. The third-order valence-electron chi connectivity index (χ3n) is 2.57. The number of aromatic amines is 1. The standard InChI is InChI=1S/C14H14N2O2/c1-10-7-8-13(15-9-10)16-14(17)11-5-3-4-6-12(11)18-2/h3-9H,1-2H3,(H,15,16,17)/p+1. The van der Waals surface area contributed by atoms with E-state index in [0.29, 0.717) is 17.1 Å². The first-order valence-corrected chi connectivity index (χ1v) is 5.63. The summed E-state index contributed by atoms with van der Waals surface area (Å²) in [7, 11) is 1.55. The highest BCUT2D eigenvalue weighted by Gasteiger charge is 2.16. The van der Waals surface area contributed by atoms with E-state index in [-0.39, 0.29) is 5.91 Å². The van der Waals surface area contributed by atoms with Crippen molar-refractivity contribution >= 4 is 11.7 Å². The quantitative estimate of drug-likeness (QED) is 0.897. The molecule has 0 bridgehead atoms. The van der Waals surface area contributed by atoms with Gasteiger partial charge in [0.2, 0.25) is 0 Å². The second kappa shape index (κ2) is 5.31. The summed E-state index contributed by atoms with van der Waals surface area (Å²) in [6.45, 7) is 1.97. The molecule has 4 heteroatoms. The largest absolute Gasteiger partial charge is 0.496 e. The zero-order chi connectivity index (χ0) is 13.0. The van der Waals surface area contributed by atoms with Gasteiger partial charge in [-0.3, -0.25) is 0 Å². The van der Waals surface area contributed by atoms with Gasteiger partial charge in [-0.15, -0.1) is 0 Å². The Kier molecular flexibility index (Phi) is 3.57. The number of aromatic nitrogens is 1. The summed E-state index contributed by atoms with van der Waals surface area (Å²) in [4.78, 5) is 15.1. The smallest absolute Gasteiger partial charge is 0.342 e. The number of hydrogen-bond donors (Lipinski definition) is 1. The van der Waals surface area contributed by atoms with Crippen LogP contribution in [-0.4, -0.2) is 13.0 Å². The number of para-hydroxylation sites is 1. The number of amides is 1. The van der Waals surface area contributed by atoms with E-state index in [2.05, 4.69) is 10.3 Å². The topological polar surface area (TPSA) is 52.5 Å². The maximum atomic E-state index is 12.1. The zero-order valence-corrected chi connectivity index (χ0v) is 10.4. The van der Waals surface area contributed by atoms with Crippen molar-refractivity contribution in [2.45, 2.75) is 6.92 Å². The van der Waals surface area contributed by atoms with E-state index in [0.717, 1.165) is 5.56 Å². The average Bonchev–Trinajstić information content (AvgIpc) is 2.41. The second-order valence-corrected chi connectivity index (χ2v) is 3.93. The summed E-state index contributed by atoms with van der Waals surface area (Å²) >= 11 is 0. The molecule has 2 rings (SSSR count). The summed E-state index contributed by atoms with van der Waals surface area (Å²) in [5, 5.41) is 2.79. The van der Waals surface area contributed by atoms with E-state index in [9.17, 15) is 4.79 Å². The summed E-state index contributed by atoms with van der Waals surface area (Å²) in [5.74, 6) is 1.01. The molecule has 0 saturated heterocycles. The van der Waals surface area contributed by atoms with Crippen molar-refractivity contribution in [2.24, 2.45) is 0 Å². The predicted molar refractivity (Wildman–Crippen MR) is 68.7 cm³/mol. The van der Waals surface area contributed by atoms with Crippen molar-refractivity contribution < 1.29 is 14.5 Å². The molecule has 1 heterocycles. The van der Waals surface area contributed by atoms with Gasteiger partial charge in [-0.1, -0.05) is 12.1 Å². The molecule has 1 aromatic heterocycles. The molecule has 2 N–H and O–H groups in total. The lowest BCUT2D eigenvalue weighted by Gasteiger charge is -2.04. The normalized spacial score (nSPS) is 9.89. The predicted octanol–water partition coefficient (Wildman–Crippen LogP) is 2.07. The molecule has 1 amide bonds. The third-order valence-corrected chi connectivity index (χ3v) is 2.57. The summed E-state index contributed by atoms with van der Waals surface area (Å²) in [5.41, 5.74) is 1.61. The molecule has 0 aliphatic rings. The lowest BCUT2D eigenvalue weighted by Crippen LogP contribution is -2.19. The van der Waals surface area contributed by atoms with Crippen LogP contribution in [0.4, 0.5) is 5.82 Å². The van der Waals surface area contributed by atoms with Gasteiger partial charge in [-0.2, -0.15) is 0 Å². The van der Waals surface area contributed by atoms with E-state index in [4.69, 9.17) is 4.74 Å². The van der Waals surface area contributed by atoms with Crippen molar-refractivity contribution in [3.05, 3.63) is 53.7 Å². The molecule has 0 atom stereocenters. The van der Waals surface area contributed by atoms with Gasteiger partial charge in [0.15, 0.2) is 0 Å². The number of nitrogens with one attached hydrogen (secondary N) is 2. The fourth-order valence-corrected chi connectivity index (χ4v) is 1.60. The maximum absolute atomic E-state index is 12.1. The zero-order valence-electron chi connectivity index (χ0n) is 10.4. The minimum absolute atomic E-state index is 0.201. The van der Waals surface area contributed by atoms with Crippen molar-refractivity contribution in [1.82, 2.24) is 0 Å². The van der Waals surface area contributed by atoms with E-state index in [1.54, 1.807) is 25.3 Å². The molecule has 2 aromatic rings. The van der Waals surface area contributed by atoms with Crippen molar-refractivity contribution in [1.29, 1.82) is 0 Å². The molecular formula is C14H15N2O2+. The Morgan fingerprint density at radius 1 is 1.22 bits per heavy atom. The fourth-order valence-electron chi connectivity index (χ4n) is 1.60. The Balaban J connectivity index is 2.19. The number of carbonyl (C=O) groups is 1. The van der Waals surface area contributed by atoms with E-state index in [1.807, 2.05) is 31.3 Å². The molecule has 4 nitrogen and oxygen atoms in total. The van der Waals surface area contributed by atoms with Crippen LogP contribution in [0.3, 0.4) is 0 Å². The summed E-state index contributed by atoms with van der Waals surface area (Å²) in [6, 6.07) is 10.9. The van der Waals surface area contributed by atoms with Crippen LogP contribution in [-0.2, 0) is 0 Å². The Hall–Kier alpha value is -2.36. The first-order chi connectivity index (χ1) is 8.70. The highest BCUT2D eigenvalue weighted by Crippen LogP contribution is 2.18. The Morgan fingerprint density at radius 2 is 2.00 bits per heavy atom. The maximum Gasteiger partial charge on any atom is 0.342 e. The van der Waals surface area contributed by atoms with Crippen molar-refractivity contribution in [3.63, 3.8) is 0 Å². The van der Waals surface area contributed by atoms with Crippen LogP contribution in [0, 0.1) is 6.92 Å². The van der Waals surface area contributed by atoms with Gasteiger partial charge in [-0.05, 0) is 30.7 Å². The minimum Gasteiger partial charge on any atom is -0.496 e. The molecule has 0 fully saturated rings. The summed E-state index contributed by atoms with van der Waals surface area (Å²) < 4.78 is 5.15. The number of rotatable bonds is 3. The van der Waals surface area contributed by atoms with Crippen molar-refractivity contribution in [2.75, 3.05) is 12.4 Å². The van der Waals surface area contributed by atoms with Gasteiger partial charge in [0.25, 0.3) is 5.82 Å². The van der Waals surface area contributed by atoms with E-state index in [1.165, 1.54) is 0 Å². The molecule has 0 radical (unpaired) electrons. The molecule has 0 aliphatic heterocycles. The number of carbonyl (C=O) groups excluding carboxylic acids is 1. The van der Waals surface area contributed by atoms with E-state index >= 15 is 0 Å². The van der Waals surface area contributed by atoms with Crippen LogP contribution in [0.1, 0.15) is 15.9 Å². The molecule has 92 valence electrons. The third kappa shape index (κ3) is 2.66. The number of pyridine rings is 1. The molecule has 1 aromatic carbocycles. The Labute approximate surface area is 106 Å². The van der Waals surface area contributed by atoms with Gasteiger partial charge in [0, 0.05) is 6.07 Å². The first-order valence-electron chi connectivity index (χ1n) is 5.63. The highest BCUT2D eigenvalue weighted by molar-refractivity contribution is 6.05. The molecule has 0 aliphatic carbocycles. The minimum atomic E-state index is -0.201. The number of hydrogen-bond acceptors (Lipinski definition) is 2. The molecule has 0 unspecified atom stereocenters. The Morgan fingerprint density at radius 3 is 2.67 bits per heavy atom. The van der Waals surface area contributed by atoms with Gasteiger partial charge < -0.3 is 4.74 Å². The lowest BCUT2D eigenvalue weighted by molar-refractivity contribution is -0.361. The van der Waals surface area contributed by atoms with Crippen LogP contribution in [0.2, 0.25) is 0 Å².